The third-order valence-electron chi connectivity index (χ3n) is 3.63. The third-order valence-corrected chi connectivity index (χ3v) is 3.63. The fourth-order valence-corrected chi connectivity index (χ4v) is 2.14. The Morgan fingerprint density at radius 2 is 2.21 bits per heavy atom. The largest absolute Gasteiger partial charge is 0.342 e. The molecule has 0 bridgehead atoms. The molecule has 0 spiro atoms. The van der Waals surface area contributed by atoms with Gasteiger partial charge in [0.05, 0.1) is 6.54 Å². The molecule has 1 aromatic heterocycles. The van der Waals surface area contributed by atoms with Gasteiger partial charge in [0.2, 0.25) is 11.8 Å². The van der Waals surface area contributed by atoms with Gasteiger partial charge in [-0.25, -0.2) is 4.98 Å². The van der Waals surface area contributed by atoms with Crippen molar-refractivity contribution >= 4 is 11.8 Å². The molecule has 1 N–H and O–H groups in total. The van der Waals surface area contributed by atoms with Gasteiger partial charge >= 0.3 is 0 Å². The lowest BCUT2D eigenvalue weighted by Gasteiger charge is -2.30. The summed E-state index contributed by atoms with van der Waals surface area (Å²) in [6.07, 6.45) is 2.34. The van der Waals surface area contributed by atoms with Crippen LogP contribution >= 0.6 is 0 Å². The summed E-state index contributed by atoms with van der Waals surface area (Å²) >= 11 is 0. The van der Waals surface area contributed by atoms with E-state index in [2.05, 4.69) is 15.4 Å². The Kier molecular flexibility index (Phi) is 3.55. The van der Waals surface area contributed by atoms with E-state index < -0.39 is 5.54 Å². The molecule has 19 heavy (non-hydrogen) atoms. The van der Waals surface area contributed by atoms with Gasteiger partial charge in [0, 0.05) is 20.0 Å². The summed E-state index contributed by atoms with van der Waals surface area (Å²) < 4.78 is 1.64. The molecule has 2 rings (SSSR count). The zero-order valence-electron chi connectivity index (χ0n) is 11.5. The molecule has 0 aliphatic carbocycles. The first-order valence-electron chi connectivity index (χ1n) is 6.39. The van der Waals surface area contributed by atoms with E-state index in [0.29, 0.717) is 31.8 Å². The van der Waals surface area contributed by atoms with Gasteiger partial charge in [-0.05, 0) is 13.3 Å². The number of nitrogens with one attached hydrogen (secondary N) is 1. The van der Waals surface area contributed by atoms with E-state index in [1.807, 2.05) is 6.92 Å². The van der Waals surface area contributed by atoms with E-state index in [1.165, 1.54) is 6.33 Å². The maximum absolute atomic E-state index is 12.5. The number of aromatic nitrogens is 3. The average Bonchev–Trinajstić information content (AvgIpc) is 2.74. The molecular formula is C12H19N5O2. The zero-order valence-corrected chi connectivity index (χ0v) is 11.5. The van der Waals surface area contributed by atoms with Crippen molar-refractivity contribution in [1.29, 1.82) is 0 Å². The second kappa shape index (κ2) is 4.99. The van der Waals surface area contributed by atoms with Crippen LogP contribution < -0.4 is 5.32 Å². The van der Waals surface area contributed by atoms with Gasteiger partial charge in [0.15, 0.2) is 0 Å². The molecule has 1 saturated heterocycles. The van der Waals surface area contributed by atoms with Gasteiger partial charge in [-0.2, -0.15) is 5.10 Å². The fourth-order valence-electron chi connectivity index (χ4n) is 2.14. The maximum atomic E-state index is 12.5. The molecule has 1 atom stereocenters. The van der Waals surface area contributed by atoms with Crippen molar-refractivity contribution < 1.29 is 9.59 Å². The van der Waals surface area contributed by atoms with Crippen molar-refractivity contribution in [3.63, 3.8) is 0 Å². The van der Waals surface area contributed by atoms with E-state index in [1.54, 1.807) is 23.6 Å². The Labute approximate surface area is 112 Å². The standard InChI is InChI=1S/C12H19N5O2/c1-4-12(2)11(19)17(6-5-10(18)15-12)7-9-13-8-14-16(9)3/h8H,4-7H2,1-3H3,(H,15,18). The topological polar surface area (TPSA) is 80.1 Å². The second-order valence-corrected chi connectivity index (χ2v) is 5.01. The Balaban J connectivity index is 2.22. The number of hydrogen-bond donors (Lipinski definition) is 1. The lowest BCUT2D eigenvalue weighted by Crippen LogP contribution is -2.54. The number of carbonyl (C=O) groups is 2. The summed E-state index contributed by atoms with van der Waals surface area (Å²) in [7, 11) is 1.78. The number of rotatable bonds is 3. The molecule has 7 heteroatoms. The summed E-state index contributed by atoms with van der Waals surface area (Å²) in [5.41, 5.74) is -0.827. The Morgan fingerprint density at radius 3 is 2.79 bits per heavy atom. The lowest BCUT2D eigenvalue weighted by molar-refractivity contribution is -0.138. The maximum Gasteiger partial charge on any atom is 0.248 e. The zero-order chi connectivity index (χ0) is 14.0. The van der Waals surface area contributed by atoms with Gasteiger partial charge in [-0.15, -0.1) is 0 Å². The minimum absolute atomic E-state index is 0.0659. The number of aryl methyl sites for hydroxylation is 1. The molecule has 0 radical (unpaired) electrons. The van der Waals surface area contributed by atoms with Gasteiger partial charge in [0.25, 0.3) is 0 Å². The minimum atomic E-state index is -0.827. The summed E-state index contributed by atoms with van der Waals surface area (Å²) in [5.74, 6) is 0.558. The third kappa shape index (κ3) is 2.59. The van der Waals surface area contributed by atoms with E-state index in [4.69, 9.17) is 0 Å². The van der Waals surface area contributed by atoms with Crippen molar-refractivity contribution in [1.82, 2.24) is 25.0 Å². The highest BCUT2D eigenvalue weighted by atomic mass is 16.2. The molecule has 7 nitrogen and oxygen atoms in total. The molecule has 1 aliphatic heterocycles. The predicted molar refractivity (Wildman–Crippen MR) is 67.9 cm³/mol. The highest BCUT2D eigenvalue weighted by Gasteiger charge is 2.39. The molecule has 1 aromatic rings. The molecule has 2 amide bonds. The Morgan fingerprint density at radius 1 is 1.47 bits per heavy atom. The van der Waals surface area contributed by atoms with E-state index in [0.717, 1.165) is 0 Å². The van der Waals surface area contributed by atoms with Crippen LogP contribution in [-0.4, -0.2) is 43.6 Å². The van der Waals surface area contributed by atoms with Crippen LogP contribution in [0.5, 0.6) is 0 Å². The number of amides is 2. The predicted octanol–water partition coefficient (Wildman–Crippen LogP) is -0.168. The molecule has 1 fully saturated rings. The number of hydrogen-bond acceptors (Lipinski definition) is 4. The number of nitrogens with zero attached hydrogens (tertiary/aromatic N) is 4. The van der Waals surface area contributed by atoms with Crippen molar-refractivity contribution in [2.75, 3.05) is 6.54 Å². The molecule has 2 heterocycles. The highest BCUT2D eigenvalue weighted by molar-refractivity contribution is 5.93. The molecule has 0 saturated carbocycles. The van der Waals surface area contributed by atoms with Crippen LogP contribution in [0.4, 0.5) is 0 Å². The average molecular weight is 265 g/mol. The summed E-state index contributed by atoms with van der Waals surface area (Å²) in [5, 5.41) is 6.79. The van der Waals surface area contributed by atoms with Gasteiger partial charge in [-0.1, -0.05) is 6.92 Å². The first-order valence-corrected chi connectivity index (χ1v) is 6.39. The van der Waals surface area contributed by atoms with Crippen molar-refractivity contribution in [2.24, 2.45) is 7.05 Å². The van der Waals surface area contributed by atoms with Crippen LogP contribution in [-0.2, 0) is 23.2 Å². The van der Waals surface area contributed by atoms with Crippen molar-refractivity contribution in [2.45, 2.75) is 38.8 Å². The van der Waals surface area contributed by atoms with Crippen LogP contribution in [0.15, 0.2) is 6.33 Å². The SMILES string of the molecule is CCC1(C)NC(=O)CCN(Cc2ncnn2C)C1=O. The first kappa shape index (κ1) is 13.5. The molecule has 0 aromatic carbocycles. The quantitative estimate of drug-likeness (QED) is 0.823. The minimum Gasteiger partial charge on any atom is -0.342 e. The van der Waals surface area contributed by atoms with Crippen LogP contribution in [0.1, 0.15) is 32.5 Å². The van der Waals surface area contributed by atoms with E-state index >= 15 is 0 Å². The summed E-state index contributed by atoms with van der Waals surface area (Å²) in [6.45, 7) is 4.44. The smallest absolute Gasteiger partial charge is 0.248 e. The highest BCUT2D eigenvalue weighted by Crippen LogP contribution is 2.18. The molecule has 104 valence electrons. The second-order valence-electron chi connectivity index (χ2n) is 5.01. The van der Waals surface area contributed by atoms with E-state index in [-0.39, 0.29) is 11.8 Å². The van der Waals surface area contributed by atoms with Crippen LogP contribution in [0.25, 0.3) is 0 Å². The van der Waals surface area contributed by atoms with Crippen molar-refractivity contribution in [3.05, 3.63) is 12.2 Å². The van der Waals surface area contributed by atoms with Gasteiger partial charge in [-0.3, -0.25) is 14.3 Å². The van der Waals surface area contributed by atoms with Gasteiger partial charge in [0.1, 0.15) is 17.7 Å². The van der Waals surface area contributed by atoms with Gasteiger partial charge < -0.3 is 10.2 Å². The van der Waals surface area contributed by atoms with Crippen LogP contribution in [0, 0.1) is 0 Å². The summed E-state index contributed by atoms with van der Waals surface area (Å²) in [6, 6.07) is 0. The normalized spacial score (nSPS) is 24.3. The monoisotopic (exact) mass is 265 g/mol. The molecule has 1 unspecified atom stereocenters. The van der Waals surface area contributed by atoms with Crippen LogP contribution in [0.3, 0.4) is 0 Å². The number of carbonyl (C=O) groups excluding carboxylic acids is 2. The van der Waals surface area contributed by atoms with Crippen LogP contribution in [0.2, 0.25) is 0 Å². The lowest BCUT2D eigenvalue weighted by atomic mass is 9.97. The Hall–Kier alpha value is -1.92. The summed E-state index contributed by atoms with van der Waals surface area (Å²) in [4.78, 5) is 30.0. The first-order chi connectivity index (χ1) is 8.96. The van der Waals surface area contributed by atoms with Crippen molar-refractivity contribution in [3.8, 4) is 0 Å². The Bertz CT molecular complexity index is 498. The molecular weight excluding hydrogens is 246 g/mol. The fraction of sp³-hybridized carbons (Fsp3) is 0.667. The molecule has 1 aliphatic rings. The van der Waals surface area contributed by atoms with E-state index in [9.17, 15) is 9.59 Å².